The highest BCUT2D eigenvalue weighted by Gasteiger charge is 2.47. The molecular formula is C132H119BN6. The van der Waals surface area contributed by atoms with E-state index in [1.807, 2.05) is 77.4 Å². The van der Waals surface area contributed by atoms with Crippen molar-refractivity contribution in [2.75, 3.05) is 14.7 Å². The van der Waals surface area contributed by atoms with E-state index < -0.39 is 120 Å². The molecule has 0 saturated heterocycles. The number of nitrogens with zero attached hydrogens (tertiary/aromatic N) is 6. The maximum Gasteiger partial charge on any atom is 0.252 e. The maximum atomic E-state index is 11.5. The lowest BCUT2D eigenvalue weighted by atomic mass is 9.33. The van der Waals surface area contributed by atoms with Gasteiger partial charge < -0.3 is 28.4 Å². The monoisotopic (exact) mass is 1820 g/mol. The number of hydrogen-bond acceptors (Lipinski definition) is 3. The van der Waals surface area contributed by atoms with Crippen LogP contribution in [0.5, 0.6) is 0 Å². The highest BCUT2D eigenvalue weighted by atomic mass is 15.2. The molecule has 0 bridgehead atoms. The molecule has 5 heterocycles. The molecule has 680 valence electrons. The van der Waals surface area contributed by atoms with E-state index in [1.54, 1.807) is 29.2 Å². The highest BCUT2D eigenvalue weighted by molar-refractivity contribution is 7.00. The van der Waals surface area contributed by atoms with Crippen LogP contribution in [0.25, 0.3) is 138 Å². The van der Waals surface area contributed by atoms with E-state index in [1.165, 1.54) is 4.57 Å². The topological polar surface area (TPSA) is 24.5 Å². The largest absolute Gasteiger partial charge is 0.310 e. The van der Waals surface area contributed by atoms with Gasteiger partial charge in [-0.25, -0.2) is 0 Å². The van der Waals surface area contributed by atoms with E-state index in [0.29, 0.717) is 39.3 Å². The van der Waals surface area contributed by atoms with Crippen LogP contribution in [0.4, 0.5) is 51.2 Å². The number of aromatic nitrogens is 3. The molecule has 3 aromatic heterocycles. The molecule has 7 heteroatoms. The van der Waals surface area contributed by atoms with E-state index in [9.17, 15) is 19.2 Å². The minimum Gasteiger partial charge on any atom is -0.310 e. The van der Waals surface area contributed by atoms with Crippen LogP contribution in [0.3, 0.4) is 0 Å². The summed E-state index contributed by atoms with van der Waals surface area (Å²) in [6.07, 6.45) is 0. The quantitative estimate of drug-likeness (QED) is 0.108. The van der Waals surface area contributed by atoms with Crippen molar-refractivity contribution in [3.63, 3.8) is 0 Å². The predicted molar refractivity (Wildman–Crippen MR) is 598 cm³/mol. The van der Waals surface area contributed by atoms with E-state index in [-0.39, 0.29) is 77.5 Å². The Labute approximate surface area is 843 Å². The van der Waals surface area contributed by atoms with Crippen LogP contribution in [0.15, 0.2) is 394 Å². The molecule has 2 aliphatic heterocycles. The summed E-state index contributed by atoms with van der Waals surface area (Å²) in [6, 6.07) is 92.0. The Bertz CT molecular complexity index is 9190. The van der Waals surface area contributed by atoms with Gasteiger partial charge in [0.1, 0.15) is 0 Å². The number of para-hydroxylation sites is 2. The minimum atomic E-state index is -0.834. The van der Waals surface area contributed by atoms with Gasteiger partial charge >= 0.3 is 0 Å². The zero-order valence-corrected chi connectivity index (χ0v) is 82.0. The van der Waals surface area contributed by atoms with Crippen molar-refractivity contribution in [3.05, 3.63) is 427 Å². The molecule has 18 aromatic carbocycles. The van der Waals surface area contributed by atoms with Crippen molar-refractivity contribution in [3.8, 4) is 72.7 Å². The van der Waals surface area contributed by atoms with Gasteiger partial charge in [0.2, 0.25) is 0 Å². The molecule has 6 nitrogen and oxygen atoms in total. The fourth-order valence-electron chi connectivity index (χ4n) is 21.0. The number of fused-ring (bicyclic) bond motifs is 13. The molecular weight excluding hydrogens is 1680 g/mol. The lowest BCUT2D eigenvalue weighted by Gasteiger charge is -2.46. The van der Waals surface area contributed by atoms with Gasteiger partial charge in [-0.2, -0.15) is 0 Å². The third-order valence-electron chi connectivity index (χ3n) is 28.5. The summed E-state index contributed by atoms with van der Waals surface area (Å²) in [6.45, 7) is 38.9. The van der Waals surface area contributed by atoms with Gasteiger partial charge in [-0.3, -0.25) is 0 Å². The van der Waals surface area contributed by atoms with Gasteiger partial charge in [-0.1, -0.05) is 355 Å². The lowest BCUT2D eigenvalue weighted by molar-refractivity contribution is 0.590. The minimum absolute atomic E-state index is 0.0232. The summed E-state index contributed by atoms with van der Waals surface area (Å²) >= 11 is 0. The summed E-state index contributed by atoms with van der Waals surface area (Å²) in [5.41, 5.74) is 21.5. The molecule has 139 heavy (non-hydrogen) atoms. The Morgan fingerprint density at radius 1 is 0.223 bits per heavy atom. The zero-order valence-electron chi connectivity index (χ0n) is 99.0. The fraction of sp³-hybridized carbons (Fsp3) is 0.182. The normalized spacial score (nSPS) is 14.8. The lowest BCUT2D eigenvalue weighted by Crippen LogP contribution is -2.61. The molecule has 0 spiro atoms. The number of benzene rings is 18. The van der Waals surface area contributed by atoms with Crippen LogP contribution in [0, 0.1) is 0 Å². The summed E-state index contributed by atoms with van der Waals surface area (Å²) < 4.78 is 175. The van der Waals surface area contributed by atoms with Gasteiger partial charge in [0, 0.05) is 106 Å². The van der Waals surface area contributed by atoms with Crippen molar-refractivity contribution in [2.45, 2.75) is 157 Å². The summed E-state index contributed by atoms with van der Waals surface area (Å²) in [5.74, 6) is 0. The van der Waals surface area contributed by atoms with Gasteiger partial charge in [-0.15, -0.1) is 0 Å². The first-order valence-corrected chi connectivity index (χ1v) is 48.2. The Balaban J connectivity index is 0.943. The van der Waals surface area contributed by atoms with Crippen molar-refractivity contribution in [2.24, 2.45) is 0 Å². The smallest absolute Gasteiger partial charge is 0.252 e. The molecule has 21 aromatic rings. The van der Waals surface area contributed by atoms with Crippen molar-refractivity contribution in [1.82, 2.24) is 13.7 Å². The molecule has 0 N–H and O–H groups in total. The van der Waals surface area contributed by atoms with Crippen LogP contribution >= 0.6 is 0 Å². The Morgan fingerprint density at radius 3 is 0.942 bits per heavy atom. The summed E-state index contributed by atoms with van der Waals surface area (Å²) in [5, 5.41) is 3.57. The van der Waals surface area contributed by atoms with Crippen LogP contribution < -0.4 is 31.1 Å². The first-order chi connectivity index (χ1) is 73.8. The standard InChI is InChI=1S/C132H119BN6/c1-127(2,3)90-53-68-116-108(73-90)109-74-91(128(4,5)6)54-69-117(109)136(116)99-63-59-97(60-64-99)134(96-57-61-98(62-58-96)135-114-50-36-34-48-102(114)103-49-35-37-51-115(103)135)101-82-122-124-123(83-101)139(126-106(87-44-30-22-31-45-87)79-95(132(16,17)18)80-107(126)88-46-32-23-33-47-88)121-81-100(137-118-70-55-92(129(7,8)9)75-110(118)111-76-93(130(10,11)12)56-71-119(111)137)65-67-113(121)133(124)112-66-52-89(84-38-24-19-25-39-84)72-120(112)138(122)125-104(85-40-26-20-27-41-85)77-94(131(13,14)15)78-105(125)86-42-28-21-29-43-86/h19-83H,1-18H3/i19D,24D,25D,34D,35D,36D,37D,38D,39D,48D,49D,50D,51D,59D,60D,63D,64D. The molecule has 23 rings (SSSR count). The molecule has 2 aliphatic rings. The molecule has 0 unspecified atom stereocenters. The van der Waals surface area contributed by atoms with Crippen molar-refractivity contribution in [1.29, 1.82) is 0 Å². The summed E-state index contributed by atoms with van der Waals surface area (Å²) in [7, 11) is 0. The van der Waals surface area contributed by atoms with Gasteiger partial charge in [0.05, 0.1) is 73.5 Å². The van der Waals surface area contributed by atoms with Crippen LogP contribution in [-0.2, 0) is 32.5 Å². The maximum absolute atomic E-state index is 11.5. The van der Waals surface area contributed by atoms with Crippen molar-refractivity contribution >= 4 is 140 Å². The first-order valence-electron chi connectivity index (χ1n) is 56.7. The average molecular weight is 1820 g/mol. The SMILES string of the molecule is [2H]c1c([2H])c([2H])c(-c2ccc3c(c2)N(c2c(-c4ccccc4)cc(C(C)(C)C)cc2-c2ccccc2)c2cc(N(c4ccc(-n5c6c([2H])c([2H])c([2H])c([2H])c6c6c([2H])c([2H])c([2H])c([2H])c65)cc4)c4c([2H])c([2H])c(-n5c6ccc(C(C)(C)C)cc6c6cc(C(C)(C)C)ccc65)c([2H])c4[2H])cc4c2B3c2ccc(-n3c5ccc(C(C)(C)C)cc5c5cc(C(C)(C)C)ccc53)cc2N4c2c(-c3ccccc3)cc(C(C)(C)C)cc2-c2ccccc2)c([2H])c1[2H]. The van der Waals surface area contributed by atoms with E-state index in [4.69, 9.17) is 4.11 Å². The second-order valence-electron chi connectivity index (χ2n) is 43.8. The number of rotatable bonds is 13. The molecule has 0 fully saturated rings. The fourth-order valence-corrected chi connectivity index (χ4v) is 21.0. The van der Waals surface area contributed by atoms with E-state index >= 15 is 0 Å². The van der Waals surface area contributed by atoms with Crippen LogP contribution in [-0.4, -0.2) is 20.4 Å². The van der Waals surface area contributed by atoms with Gasteiger partial charge in [-0.05, 0) is 279 Å². The first kappa shape index (κ1) is 70.5. The number of anilines is 9. The van der Waals surface area contributed by atoms with E-state index in [2.05, 4.69) is 333 Å². The molecule has 0 amide bonds. The highest BCUT2D eigenvalue weighted by Crippen LogP contribution is 2.58. The predicted octanol–water partition coefficient (Wildman–Crippen LogP) is 34.7. The Hall–Kier alpha value is -15.2. The van der Waals surface area contributed by atoms with E-state index in [0.717, 1.165) is 144 Å². The Kier molecular flexibility index (Phi) is 16.6. The number of hydrogen-bond donors (Lipinski definition) is 0. The van der Waals surface area contributed by atoms with Crippen LogP contribution in [0.1, 0.15) is 181 Å². The van der Waals surface area contributed by atoms with Gasteiger partial charge in [0.15, 0.2) is 0 Å². The van der Waals surface area contributed by atoms with Crippen LogP contribution in [0.2, 0.25) is 0 Å². The second kappa shape index (κ2) is 32.8. The molecule has 0 atom stereocenters. The third kappa shape index (κ3) is 15.1. The molecule has 0 saturated carbocycles. The zero-order chi connectivity index (χ0) is 111. The Morgan fingerprint density at radius 2 is 0.561 bits per heavy atom. The third-order valence-corrected chi connectivity index (χ3v) is 28.5. The average Bonchev–Trinajstić information content (AvgIpc) is 0.832. The van der Waals surface area contributed by atoms with Gasteiger partial charge in [0.25, 0.3) is 6.71 Å². The van der Waals surface area contributed by atoms with Crippen molar-refractivity contribution < 1.29 is 23.3 Å². The molecule has 0 radical (unpaired) electrons. The second-order valence-corrected chi connectivity index (χ2v) is 43.8. The summed E-state index contributed by atoms with van der Waals surface area (Å²) in [4.78, 5) is 6.47. The molecule has 0 aliphatic carbocycles.